The number of ether oxygens (including phenoxy) is 1. The van der Waals surface area contributed by atoms with E-state index in [9.17, 15) is 4.79 Å². The number of hydrogen-bond acceptors (Lipinski definition) is 3. The average Bonchev–Trinajstić information content (AvgIpc) is 2.56. The van der Waals surface area contributed by atoms with Crippen LogP contribution >= 0.6 is 35.0 Å². The predicted octanol–water partition coefficient (Wildman–Crippen LogP) is 4.80. The molecule has 122 valence electrons. The van der Waals surface area contributed by atoms with Crippen molar-refractivity contribution in [1.29, 1.82) is 0 Å². The molecule has 2 aromatic rings. The molecular weight excluding hydrogens is 353 g/mol. The molecule has 6 heteroatoms. The summed E-state index contributed by atoms with van der Waals surface area (Å²) in [6, 6.07) is 12.8. The molecule has 1 amide bonds. The number of carbonyl (C=O) groups is 1. The summed E-state index contributed by atoms with van der Waals surface area (Å²) >= 11 is 13.5. The van der Waals surface area contributed by atoms with Crippen LogP contribution in [0.5, 0.6) is 5.75 Å². The largest absolute Gasteiger partial charge is 0.496 e. The van der Waals surface area contributed by atoms with E-state index < -0.39 is 0 Å². The van der Waals surface area contributed by atoms with Gasteiger partial charge in [0.15, 0.2) is 0 Å². The van der Waals surface area contributed by atoms with Crippen LogP contribution in [0.1, 0.15) is 12.5 Å². The number of amides is 1. The lowest BCUT2D eigenvalue weighted by Crippen LogP contribution is -2.30. The number of benzene rings is 2. The highest BCUT2D eigenvalue weighted by atomic mass is 35.5. The Balaban J connectivity index is 1.96. The first kappa shape index (κ1) is 18.0. The van der Waals surface area contributed by atoms with Crippen molar-refractivity contribution >= 4 is 40.9 Å². The second-order valence-electron chi connectivity index (χ2n) is 4.86. The van der Waals surface area contributed by atoms with Gasteiger partial charge in [0.25, 0.3) is 0 Å². The van der Waals surface area contributed by atoms with Gasteiger partial charge in [0.1, 0.15) is 5.75 Å². The maximum atomic E-state index is 12.3. The van der Waals surface area contributed by atoms with E-state index in [1.165, 1.54) is 11.8 Å². The quantitative estimate of drug-likeness (QED) is 0.743. The van der Waals surface area contributed by atoms with E-state index in [1.54, 1.807) is 25.3 Å². The van der Waals surface area contributed by atoms with E-state index in [-0.39, 0.29) is 11.2 Å². The highest BCUT2D eigenvalue weighted by Gasteiger charge is 2.16. The molecule has 0 spiro atoms. The Kier molecular flexibility index (Phi) is 6.63. The van der Waals surface area contributed by atoms with Gasteiger partial charge >= 0.3 is 0 Å². The van der Waals surface area contributed by atoms with Crippen LogP contribution in [-0.2, 0) is 11.3 Å². The number of carbonyl (C=O) groups excluding carboxylic acids is 1. The van der Waals surface area contributed by atoms with Crippen molar-refractivity contribution in [2.75, 3.05) is 7.11 Å². The number of halogens is 2. The molecule has 0 fully saturated rings. The van der Waals surface area contributed by atoms with Crippen molar-refractivity contribution in [3.63, 3.8) is 0 Å². The second-order valence-corrected chi connectivity index (χ2v) is 7.09. The minimum atomic E-state index is -0.291. The summed E-state index contributed by atoms with van der Waals surface area (Å²) in [6.07, 6.45) is 0. The van der Waals surface area contributed by atoms with E-state index in [0.717, 1.165) is 16.2 Å². The fourth-order valence-electron chi connectivity index (χ4n) is 1.99. The van der Waals surface area contributed by atoms with E-state index in [4.69, 9.17) is 27.9 Å². The van der Waals surface area contributed by atoms with Crippen molar-refractivity contribution < 1.29 is 9.53 Å². The maximum Gasteiger partial charge on any atom is 0.233 e. The van der Waals surface area contributed by atoms with Crippen molar-refractivity contribution in [1.82, 2.24) is 5.32 Å². The third-order valence-corrected chi connectivity index (χ3v) is 5.05. The molecule has 0 aliphatic heterocycles. The van der Waals surface area contributed by atoms with Gasteiger partial charge in [0.05, 0.1) is 17.4 Å². The lowest BCUT2D eigenvalue weighted by molar-refractivity contribution is -0.120. The monoisotopic (exact) mass is 369 g/mol. The molecule has 2 aromatic carbocycles. The standard InChI is InChI=1S/C17H17Cl2NO2S/c1-11(23-16-9-13(18)7-8-14(16)19)17(21)20-10-12-5-3-4-6-15(12)22-2/h3-9,11H,10H2,1-2H3,(H,20,21). The molecule has 0 saturated carbocycles. The number of rotatable bonds is 6. The highest BCUT2D eigenvalue weighted by molar-refractivity contribution is 8.00. The zero-order chi connectivity index (χ0) is 16.8. The molecule has 0 bridgehead atoms. The van der Waals surface area contributed by atoms with Crippen LogP contribution in [0.3, 0.4) is 0 Å². The first-order valence-corrected chi connectivity index (χ1v) is 8.66. The molecule has 1 atom stereocenters. The molecule has 0 heterocycles. The van der Waals surface area contributed by atoms with Crippen LogP contribution in [0.15, 0.2) is 47.4 Å². The molecule has 1 unspecified atom stereocenters. The van der Waals surface area contributed by atoms with Crippen molar-refractivity contribution in [2.24, 2.45) is 0 Å². The summed E-state index contributed by atoms with van der Waals surface area (Å²) in [5, 5.41) is 3.80. The molecule has 1 N–H and O–H groups in total. The molecule has 3 nitrogen and oxygen atoms in total. The summed E-state index contributed by atoms with van der Waals surface area (Å²) in [4.78, 5) is 13.1. The lowest BCUT2D eigenvalue weighted by Gasteiger charge is -2.14. The number of methoxy groups -OCH3 is 1. The zero-order valence-electron chi connectivity index (χ0n) is 12.8. The van der Waals surface area contributed by atoms with Crippen molar-refractivity contribution in [2.45, 2.75) is 23.6 Å². The Hall–Kier alpha value is -1.36. The van der Waals surface area contributed by atoms with Gasteiger partial charge in [-0.1, -0.05) is 41.4 Å². The summed E-state index contributed by atoms with van der Waals surface area (Å²) < 4.78 is 5.27. The Morgan fingerprint density at radius 2 is 2.00 bits per heavy atom. The maximum absolute atomic E-state index is 12.3. The Morgan fingerprint density at radius 1 is 1.26 bits per heavy atom. The number of para-hydroxylation sites is 1. The van der Waals surface area contributed by atoms with Gasteiger partial charge in [0, 0.05) is 22.0 Å². The molecule has 0 saturated heterocycles. The SMILES string of the molecule is COc1ccccc1CNC(=O)C(C)Sc1cc(Cl)ccc1Cl. The van der Waals surface area contributed by atoms with Gasteiger partial charge in [-0.3, -0.25) is 4.79 Å². The zero-order valence-corrected chi connectivity index (χ0v) is 15.1. The second kappa shape index (κ2) is 8.48. The van der Waals surface area contributed by atoms with E-state index in [0.29, 0.717) is 16.6 Å². The Bertz CT molecular complexity index is 694. The third kappa shape index (κ3) is 5.06. The van der Waals surface area contributed by atoms with Gasteiger partial charge in [-0.15, -0.1) is 11.8 Å². The summed E-state index contributed by atoms with van der Waals surface area (Å²) in [5.74, 6) is 0.683. The highest BCUT2D eigenvalue weighted by Crippen LogP contribution is 2.32. The van der Waals surface area contributed by atoms with Crippen LogP contribution < -0.4 is 10.1 Å². The topological polar surface area (TPSA) is 38.3 Å². The lowest BCUT2D eigenvalue weighted by atomic mass is 10.2. The fourth-order valence-corrected chi connectivity index (χ4v) is 3.42. The van der Waals surface area contributed by atoms with Gasteiger partial charge in [-0.2, -0.15) is 0 Å². The van der Waals surface area contributed by atoms with Crippen LogP contribution in [0.4, 0.5) is 0 Å². The molecule has 0 radical (unpaired) electrons. The number of nitrogens with one attached hydrogen (secondary N) is 1. The molecular formula is C17H17Cl2NO2S. The Morgan fingerprint density at radius 3 is 2.74 bits per heavy atom. The predicted molar refractivity (Wildman–Crippen MR) is 96.6 cm³/mol. The number of hydrogen-bond donors (Lipinski definition) is 1. The van der Waals surface area contributed by atoms with E-state index >= 15 is 0 Å². The van der Waals surface area contributed by atoms with Crippen LogP contribution in [0.2, 0.25) is 10.0 Å². The van der Waals surface area contributed by atoms with Crippen molar-refractivity contribution in [3.8, 4) is 5.75 Å². The van der Waals surface area contributed by atoms with E-state index in [1.807, 2.05) is 31.2 Å². The molecule has 2 rings (SSSR count). The van der Waals surface area contributed by atoms with E-state index in [2.05, 4.69) is 5.32 Å². The van der Waals surface area contributed by atoms with Gasteiger partial charge < -0.3 is 10.1 Å². The van der Waals surface area contributed by atoms with Gasteiger partial charge in [-0.05, 0) is 31.2 Å². The minimum absolute atomic E-state index is 0.0723. The summed E-state index contributed by atoms with van der Waals surface area (Å²) in [5.41, 5.74) is 0.932. The molecule has 0 aromatic heterocycles. The number of thioether (sulfide) groups is 1. The molecule has 23 heavy (non-hydrogen) atoms. The minimum Gasteiger partial charge on any atom is -0.496 e. The fraction of sp³-hybridized carbons (Fsp3) is 0.235. The first-order chi connectivity index (χ1) is 11.0. The first-order valence-electron chi connectivity index (χ1n) is 7.02. The van der Waals surface area contributed by atoms with Crippen LogP contribution in [0.25, 0.3) is 0 Å². The average molecular weight is 370 g/mol. The molecule has 0 aliphatic carbocycles. The molecule has 0 aliphatic rings. The van der Waals surface area contributed by atoms with Gasteiger partial charge in [0.2, 0.25) is 5.91 Å². The summed E-state index contributed by atoms with van der Waals surface area (Å²) in [7, 11) is 1.61. The van der Waals surface area contributed by atoms with Crippen LogP contribution in [0, 0.1) is 0 Å². The van der Waals surface area contributed by atoms with Crippen molar-refractivity contribution in [3.05, 3.63) is 58.1 Å². The summed E-state index contributed by atoms with van der Waals surface area (Å²) in [6.45, 7) is 2.25. The van der Waals surface area contributed by atoms with Gasteiger partial charge in [-0.25, -0.2) is 0 Å². The Labute approximate surface area is 150 Å². The smallest absolute Gasteiger partial charge is 0.233 e. The van der Waals surface area contributed by atoms with Crippen LogP contribution in [-0.4, -0.2) is 18.3 Å². The third-order valence-electron chi connectivity index (χ3n) is 3.21. The normalized spacial score (nSPS) is 11.8.